The molecule has 0 aromatic rings. The van der Waals surface area contributed by atoms with Gasteiger partial charge < -0.3 is 24.6 Å². The predicted octanol–water partition coefficient (Wildman–Crippen LogP) is -0.350. The third kappa shape index (κ3) is 2.03. The summed E-state index contributed by atoms with van der Waals surface area (Å²) in [5.74, 6) is -0.920. The van der Waals surface area contributed by atoms with Crippen molar-refractivity contribution in [3.8, 4) is 0 Å². The summed E-state index contributed by atoms with van der Waals surface area (Å²) in [4.78, 5) is 11.3. The molecule has 0 aromatic carbocycles. The maximum Gasteiger partial charge on any atom is 0.217 e. The minimum absolute atomic E-state index is 0.104. The second-order valence-electron chi connectivity index (χ2n) is 4.91. The molecule has 3 aliphatic heterocycles. The van der Waals surface area contributed by atoms with Gasteiger partial charge in [-0.1, -0.05) is 6.92 Å². The van der Waals surface area contributed by atoms with Gasteiger partial charge in [-0.3, -0.25) is 4.79 Å². The minimum atomic E-state index is -0.905. The molecule has 2 bridgehead atoms. The normalized spacial score (nSPS) is 42.2. The molecule has 5 unspecified atom stereocenters. The SMILES string of the molecule is CCC1C2OC1(CO)OC(COC)C2NC(C)=O. The fourth-order valence-electron chi connectivity index (χ4n) is 3.00. The molecule has 5 atom stereocenters. The van der Waals surface area contributed by atoms with Gasteiger partial charge in [0.05, 0.1) is 25.4 Å². The number of amides is 1. The lowest BCUT2D eigenvalue weighted by Gasteiger charge is -2.62. The first-order valence-electron chi connectivity index (χ1n) is 6.30. The molecule has 0 aromatic heterocycles. The van der Waals surface area contributed by atoms with Crippen molar-refractivity contribution in [3.63, 3.8) is 0 Å². The molecule has 3 heterocycles. The maximum absolute atomic E-state index is 11.3. The summed E-state index contributed by atoms with van der Waals surface area (Å²) in [7, 11) is 1.58. The van der Waals surface area contributed by atoms with Gasteiger partial charge in [-0.2, -0.15) is 0 Å². The van der Waals surface area contributed by atoms with E-state index in [1.54, 1.807) is 7.11 Å². The predicted molar refractivity (Wildman–Crippen MR) is 62.8 cm³/mol. The van der Waals surface area contributed by atoms with Crippen LogP contribution >= 0.6 is 0 Å². The van der Waals surface area contributed by atoms with Gasteiger partial charge in [-0.15, -0.1) is 0 Å². The lowest BCUT2D eigenvalue weighted by Crippen LogP contribution is -2.78. The fourth-order valence-corrected chi connectivity index (χ4v) is 3.00. The van der Waals surface area contributed by atoms with E-state index in [4.69, 9.17) is 14.2 Å². The number of fused-ring (bicyclic) bond motifs is 2. The van der Waals surface area contributed by atoms with Crippen LogP contribution in [-0.4, -0.2) is 55.4 Å². The maximum atomic E-state index is 11.3. The number of nitrogens with one attached hydrogen (secondary N) is 1. The molecule has 0 radical (unpaired) electrons. The summed E-state index contributed by atoms with van der Waals surface area (Å²) in [6.07, 6.45) is 0.439. The molecule has 1 amide bonds. The highest BCUT2D eigenvalue weighted by molar-refractivity contribution is 5.73. The van der Waals surface area contributed by atoms with E-state index in [2.05, 4.69) is 5.32 Å². The first-order valence-corrected chi connectivity index (χ1v) is 6.30. The van der Waals surface area contributed by atoms with Crippen LogP contribution < -0.4 is 5.32 Å². The average Bonchev–Trinajstić information content (AvgIpc) is 2.30. The van der Waals surface area contributed by atoms with Crippen molar-refractivity contribution in [2.45, 2.75) is 44.3 Å². The van der Waals surface area contributed by atoms with Crippen LogP contribution in [0.15, 0.2) is 0 Å². The van der Waals surface area contributed by atoms with Crippen molar-refractivity contribution in [1.82, 2.24) is 5.32 Å². The highest BCUT2D eigenvalue weighted by Crippen LogP contribution is 2.49. The summed E-state index contributed by atoms with van der Waals surface area (Å²) in [5.41, 5.74) is 0. The average molecular weight is 259 g/mol. The standard InChI is InChI=1S/C12H21NO5/c1-4-8-11-10(13-7(2)15)9(5-16-3)17-12(8,6-14)18-11/h8-11,14H,4-6H2,1-3H3,(H,13,15). The summed E-state index contributed by atoms with van der Waals surface area (Å²) >= 11 is 0. The molecule has 6 heteroatoms. The monoisotopic (exact) mass is 259 g/mol. The molecule has 0 spiro atoms. The zero-order valence-corrected chi connectivity index (χ0v) is 11.0. The summed E-state index contributed by atoms with van der Waals surface area (Å²) < 4.78 is 16.6. The quantitative estimate of drug-likeness (QED) is 0.705. The summed E-state index contributed by atoms with van der Waals surface area (Å²) in [6.45, 7) is 3.69. The van der Waals surface area contributed by atoms with Gasteiger partial charge in [0.2, 0.25) is 5.91 Å². The third-order valence-corrected chi connectivity index (χ3v) is 3.76. The number of rotatable bonds is 5. The Morgan fingerprint density at radius 1 is 1.50 bits per heavy atom. The number of aliphatic hydroxyl groups excluding tert-OH is 1. The van der Waals surface area contributed by atoms with Crippen LogP contribution in [0.1, 0.15) is 20.3 Å². The molecule has 0 saturated carbocycles. The Labute approximate surface area is 107 Å². The van der Waals surface area contributed by atoms with Crippen LogP contribution in [0.4, 0.5) is 0 Å². The molecule has 6 nitrogen and oxygen atoms in total. The van der Waals surface area contributed by atoms with E-state index >= 15 is 0 Å². The summed E-state index contributed by atoms with van der Waals surface area (Å²) in [6, 6.07) is -0.221. The highest BCUT2D eigenvalue weighted by atomic mass is 16.8. The van der Waals surface area contributed by atoms with Gasteiger partial charge >= 0.3 is 0 Å². The molecule has 2 N–H and O–H groups in total. The Morgan fingerprint density at radius 3 is 2.72 bits per heavy atom. The minimum Gasteiger partial charge on any atom is -0.391 e. The Bertz CT molecular complexity index is 322. The highest BCUT2D eigenvalue weighted by Gasteiger charge is 2.65. The van der Waals surface area contributed by atoms with Crippen LogP contribution in [0.5, 0.6) is 0 Å². The molecule has 3 aliphatic rings. The van der Waals surface area contributed by atoms with Crippen LogP contribution in [0.2, 0.25) is 0 Å². The van der Waals surface area contributed by atoms with Gasteiger partial charge in [-0.25, -0.2) is 0 Å². The molecule has 3 rings (SSSR count). The zero-order valence-electron chi connectivity index (χ0n) is 11.0. The second kappa shape index (κ2) is 5.13. The largest absolute Gasteiger partial charge is 0.391 e. The van der Waals surface area contributed by atoms with Gasteiger partial charge in [0.25, 0.3) is 0 Å². The summed E-state index contributed by atoms with van der Waals surface area (Å²) in [5, 5.41) is 12.3. The van der Waals surface area contributed by atoms with Crippen molar-refractivity contribution >= 4 is 5.91 Å². The molecule has 104 valence electrons. The van der Waals surface area contributed by atoms with E-state index in [1.807, 2.05) is 6.92 Å². The van der Waals surface area contributed by atoms with Crippen molar-refractivity contribution in [2.24, 2.45) is 5.92 Å². The third-order valence-electron chi connectivity index (χ3n) is 3.76. The molecule has 3 fully saturated rings. The number of carbonyl (C=O) groups excluding carboxylic acids is 1. The Balaban J connectivity index is 2.15. The topological polar surface area (TPSA) is 77.0 Å². The van der Waals surface area contributed by atoms with Crippen LogP contribution in [0.3, 0.4) is 0 Å². The number of ether oxygens (including phenoxy) is 3. The molecule has 3 saturated heterocycles. The molecule has 0 aliphatic carbocycles. The Morgan fingerprint density at radius 2 is 2.22 bits per heavy atom. The second-order valence-corrected chi connectivity index (χ2v) is 4.91. The van der Waals surface area contributed by atoms with Crippen molar-refractivity contribution < 1.29 is 24.1 Å². The van der Waals surface area contributed by atoms with Crippen LogP contribution in [0.25, 0.3) is 0 Å². The van der Waals surface area contributed by atoms with Gasteiger partial charge in [0.1, 0.15) is 6.10 Å². The lowest BCUT2D eigenvalue weighted by molar-refractivity contribution is -0.450. The zero-order chi connectivity index (χ0) is 13.3. The number of hydrogen-bond acceptors (Lipinski definition) is 5. The van der Waals surface area contributed by atoms with Crippen molar-refractivity contribution in [3.05, 3.63) is 0 Å². The van der Waals surface area contributed by atoms with E-state index < -0.39 is 5.79 Å². The number of methoxy groups -OCH3 is 1. The van der Waals surface area contributed by atoms with Gasteiger partial charge in [0.15, 0.2) is 5.79 Å². The first kappa shape index (κ1) is 13.7. The van der Waals surface area contributed by atoms with Gasteiger partial charge in [0, 0.05) is 20.0 Å². The fraction of sp³-hybridized carbons (Fsp3) is 0.917. The Hall–Kier alpha value is -0.690. The number of hydrogen-bond donors (Lipinski definition) is 2. The van der Waals surface area contributed by atoms with Crippen LogP contribution in [0, 0.1) is 5.92 Å². The van der Waals surface area contributed by atoms with E-state index in [-0.39, 0.29) is 36.7 Å². The van der Waals surface area contributed by atoms with Crippen molar-refractivity contribution in [1.29, 1.82) is 0 Å². The van der Waals surface area contributed by atoms with E-state index in [0.29, 0.717) is 6.61 Å². The number of carbonyl (C=O) groups is 1. The molecular weight excluding hydrogens is 238 g/mol. The van der Waals surface area contributed by atoms with E-state index in [0.717, 1.165) is 6.42 Å². The Kier molecular flexibility index (Phi) is 3.91. The van der Waals surface area contributed by atoms with E-state index in [1.165, 1.54) is 6.92 Å². The first-order chi connectivity index (χ1) is 8.57. The number of aliphatic hydroxyl groups is 1. The smallest absolute Gasteiger partial charge is 0.217 e. The van der Waals surface area contributed by atoms with Crippen LogP contribution in [-0.2, 0) is 19.0 Å². The molecular formula is C12H21NO5. The molecule has 18 heavy (non-hydrogen) atoms. The van der Waals surface area contributed by atoms with E-state index in [9.17, 15) is 9.90 Å². The van der Waals surface area contributed by atoms with Gasteiger partial charge in [-0.05, 0) is 6.42 Å². The van der Waals surface area contributed by atoms with Crippen molar-refractivity contribution in [2.75, 3.05) is 20.3 Å². The lowest BCUT2D eigenvalue weighted by atomic mass is 9.75.